The summed E-state index contributed by atoms with van der Waals surface area (Å²) in [7, 11) is 0. The zero-order chi connectivity index (χ0) is 17.1. The summed E-state index contributed by atoms with van der Waals surface area (Å²) in [5.74, 6) is -0.223. The topological polar surface area (TPSA) is 97.1 Å². The van der Waals surface area contributed by atoms with E-state index in [1.54, 1.807) is 0 Å². The SMILES string of the molecule is Cc1cccc2sc(NC(=O)CC(NC(N)=O)c3cccs3)nc12. The highest BCUT2D eigenvalue weighted by atomic mass is 32.1. The molecule has 0 spiro atoms. The Labute approximate surface area is 146 Å². The van der Waals surface area contributed by atoms with Crippen LogP contribution < -0.4 is 16.4 Å². The minimum atomic E-state index is -0.656. The van der Waals surface area contributed by atoms with Crippen LogP contribution in [0.15, 0.2) is 35.7 Å². The molecule has 0 bridgehead atoms. The Morgan fingerprint density at radius 1 is 1.29 bits per heavy atom. The summed E-state index contributed by atoms with van der Waals surface area (Å²) in [4.78, 5) is 28.8. The summed E-state index contributed by atoms with van der Waals surface area (Å²) in [5.41, 5.74) is 7.17. The predicted octanol–water partition coefficient (Wildman–Crippen LogP) is 3.40. The maximum Gasteiger partial charge on any atom is 0.312 e. The van der Waals surface area contributed by atoms with Gasteiger partial charge in [-0.25, -0.2) is 9.78 Å². The lowest BCUT2D eigenvalue weighted by Crippen LogP contribution is -2.34. The van der Waals surface area contributed by atoms with Crippen molar-refractivity contribution in [2.24, 2.45) is 5.73 Å². The zero-order valence-corrected chi connectivity index (χ0v) is 14.5. The third-order valence-electron chi connectivity index (χ3n) is 3.46. The number of nitrogens with one attached hydrogen (secondary N) is 2. The average molecular weight is 360 g/mol. The van der Waals surface area contributed by atoms with Crippen LogP contribution in [0, 0.1) is 6.92 Å². The van der Waals surface area contributed by atoms with Crippen LogP contribution in [0.1, 0.15) is 22.9 Å². The van der Waals surface area contributed by atoms with E-state index in [1.165, 1.54) is 22.7 Å². The van der Waals surface area contributed by atoms with Crippen LogP contribution in [0.3, 0.4) is 0 Å². The van der Waals surface area contributed by atoms with Gasteiger partial charge in [0.25, 0.3) is 0 Å². The lowest BCUT2D eigenvalue weighted by Gasteiger charge is -2.15. The number of carbonyl (C=O) groups is 2. The molecule has 1 unspecified atom stereocenters. The van der Waals surface area contributed by atoms with Crippen molar-refractivity contribution in [2.75, 3.05) is 5.32 Å². The molecule has 2 aromatic heterocycles. The predicted molar refractivity (Wildman–Crippen MR) is 97.4 cm³/mol. The van der Waals surface area contributed by atoms with Crippen LogP contribution in [-0.2, 0) is 4.79 Å². The Hall–Kier alpha value is -2.45. The quantitative estimate of drug-likeness (QED) is 0.650. The van der Waals surface area contributed by atoms with Gasteiger partial charge in [0.15, 0.2) is 5.13 Å². The van der Waals surface area contributed by atoms with E-state index in [0.717, 1.165) is 20.7 Å². The van der Waals surface area contributed by atoms with Crippen LogP contribution in [0.2, 0.25) is 0 Å². The van der Waals surface area contributed by atoms with E-state index in [1.807, 2.05) is 42.6 Å². The molecule has 0 fully saturated rings. The Kier molecular flexibility index (Phi) is 4.77. The van der Waals surface area contributed by atoms with Crippen LogP contribution >= 0.6 is 22.7 Å². The third-order valence-corrected chi connectivity index (χ3v) is 5.38. The number of thiophene rings is 1. The number of fused-ring (bicyclic) bond motifs is 1. The second-order valence-corrected chi connectivity index (χ2v) is 7.28. The molecule has 8 heteroatoms. The maximum atomic E-state index is 12.3. The minimum absolute atomic E-state index is 0.0956. The number of benzene rings is 1. The second-order valence-electron chi connectivity index (χ2n) is 5.27. The van der Waals surface area contributed by atoms with Crippen LogP contribution in [0.5, 0.6) is 0 Å². The smallest absolute Gasteiger partial charge is 0.312 e. The zero-order valence-electron chi connectivity index (χ0n) is 12.9. The van der Waals surface area contributed by atoms with Crippen molar-refractivity contribution in [3.63, 3.8) is 0 Å². The summed E-state index contributed by atoms with van der Waals surface area (Å²) >= 11 is 2.89. The van der Waals surface area contributed by atoms with Gasteiger partial charge in [-0.2, -0.15) is 0 Å². The molecule has 6 nitrogen and oxygen atoms in total. The fourth-order valence-corrected chi connectivity index (χ4v) is 4.12. The molecule has 0 radical (unpaired) electrons. The third kappa shape index (κ3) is 3.72. The number of aromatic nitrogens is 1. The molecule has 0 saturated heterocycles. The molecule has 3 aromatic rings. The van der Waals surface area contributed by atoms with Gasteiger partial charge in [0.1, 0.15) is 0 Å². The number of rotatable bonds is 5. The standard InChI is InChI=1S/C16H16N4O2S2/c1-9-4-2-5-12-14(9)20-16(24-12)19-13(21)8-10(18-15(17)22)11-6-3-7-23-11/h2-7,10H,8H2,1H3,(H3,17,18,22)(H,19,20,21). The molecule has 24 heavy (non-hydrogen) atoms. The Morgan fingerprint density at radius 3 is 2.79 bits per heavy atom. The van der Waals surface area contributed by atoms with Gasteiger partial charge in [-0.15, -0.1) is 11.3 Å². The van der Waals surface area contributed by atoms with Gasteiger partial charge in [0.2, 0.25) is 5.91 Å². The number of urea groups is 1. The molecule has 0 saturated carbocycles. The van der Waals surface area contributed by atoms with Crippen LogP contribution in [0.4, 0.5) is 9.93 Å². The number of nitrogens with zero attached hydrogens (tertiary/aromatic N) is 1. The molecule has 124 valence electrons. The van der Waals surface area contributed by atoms with E-state index in [2.05, 4.69) is 15.6 Å². The van der Waals surface area contributed by atoms with Gasteiger partial charge in [-0.05, 0) is 30.0 Å². The lowest BCUT2D eigenvalue weighted by atomic mass is 10.1. The first kappa shape index (κ1) is 16.4. The molecule has 2 heterocycles. The Morgan fingerprint density at radius 2 is 2.12 bits per heavy atom. The average Bonchev–Trinajstić information content (AvgIpc) is 3.15. The number of nitrogens with two attached hydrogens (primary N) is 1. The minimum Gasteiger partial charge on any atom is -0.352 e. The number of para-hydroxylation sites is 1. The summed E-state index contributed by atoms with van der Waals surface area (Å²) < 4.78 is 1.02. The summed E-state index contributed by atoms with van der Waals surface area (Å²) in [5, 5.41) is 7.85. The second kappa shape index (κ2) is 6.98. The van der Waals surface area contributed by atoms with E-state index in [0.29, 0.717) is 5.13 Å². The number of aryl methyl sites for hydroxylation is 1. The van der Waals surface area contributed by atoms with E-state index >= 15 is 0 Å². The highest BCUT2D eigenvalue weighted by Gasteiger charge is 2.19. The largest absolute Gasteiger partial charge is 0.352 e. The van der Waals surface area contributed by atoms with Gasteiger partial charge < -0.3 is 16.4 Å². The van der Waals surface area contributed by atoms with Crippen molar-refractivity contribution in [1.82, 2.24) is 10.3 Å². The first-order chi connectivity index (χ1) is 11.5. The van der Waals surface area contributed by atoms with Crippen LogP contribution in [0.25, 0.3) is 10.2 Å². The van der Waals surface area contributed by atoms with Gasteiger partial charge in [0.05, 0.1) is 22.7 Å². The highest BCUT2D eigenvalue weighted by molar-refractivity contribution is 7.22. The first-order valence-corrected chi connectivity index (χ1v) is 8.98. The van der Waals surface area contributed by atoms with E-state index < -0.39 is 12.1 Å². The van der Waals surface area contributed by atoms with Gasteiger partial charge >= 0.3 is 6.03 Å². The van der Waals surface area contributed by atoms with Gasteiger partial charge in [-0.1, -0.05) is 29.5 Å². The normalized spacial score (nSPS) is 12.0. The van der Waals surface area contributed by atoms with E-state index in [4.69, 9.17) is 5.73 Å². The molecule has 3 amide bonds. The lowest BCUT2D eigenvalue weighted by molar-refractivity contribution is -0.116. The first-order valence-electron chi connectivity index (χ1n) is 7.28. The molecule has 4 N–H and O–H groups in total. The van der Waals surface area contributed by atoms with Gasteiger partial charge in [0, 0.05) is 4.88 Å². The molecule has 0 aliphatic rings. The van der Waals surface area contributed by atoms with Gasteiger partial charge in [-0.3, -0.25) is 4.79 Å². The van der Waals surface area contributed by atoms with Crippen molar-refractivity contribution in [2.45, 2.75) is 19.4 Å². The number of thiazole rings is 1. The molecule has 1 atom stereocenters. The molecule has 0 aliphatic carbocycles. The summed E-state index contributed by atoms with van der Waals surface area (Å²) in [6.45, 7) is 1.98. The number of hydrogen-bond donors (Lipinski definition) is 3. The Balaban J connectivity index is 1.73. The van der Waals surface area contributed by atoms with E-state index in [9.17, 15) is 9.59 Å². The molecule has 1 aromatic carbocycles. The molecular formula is C16H16N4O2S2. The van der Waals surface area contributed by atoms with Crippen molar-refractivity contribution in [3.05, 3.63) is 46.2 Å². The van der Waals surface area contributed by atoms with Crippen LogP contribution in [-0.4, -0.2) is 16.9 Å². The number of primary amides is 1. The summed E-state index contributed by atoms with van der Waals surface area (Å²) in [6.07, 6.45) is 0.0956. The number of hydrogen-bond acceptors (Lipinski definition) is 5. The highest BCUT2D eigenvalue weighted by Crippen LogP contribution is 2.28. The monoisotopic (exact) mass is 360 g/mol. The summed E-state index contributed by atoms with van der Waals surface area (Å²) in [6, 6.07) is 8.54. The molecular weight excluding hydrogens is 344 g/mol. The number of amides is 3. The van der Waals surface area contributed by atoms with E-state index in [-0.39, 0.29) is 12.3 Å². The maximum absolute atomic E-state index is 12.3. The van der Waals surface area contributed by atoms with Crippen molar-refractivity contribution in [1.29, 1.82) is 0 Å². The van der Waals surface area contributed by atoms with Crippen molar-refractivity contribution >= 4 is 50.0 Å². The van der Waals surface area contributed by atoms with Crippen molar-refractivity contribution in [3.8, 4) is 0 Å². The number of carbonyl (C=O) groups excluding carboxylic acids is 2. The Bertz CT molecular complexity index is 873. The molecule has 0 aliphatic heterocycles. The fraction of sp³-hybridized carbons (Fsp3) is 0.188. The molecule has 3 rings (SSSR count). The number of anilines is 1. The van der Waals surface area contributed by atoms with Crippen molar-refractivity contribution < 1.29 is 9.59 Å². The fourth-order valence-electron chi connectivity index (χ4n) is 2.38.